The highest BCUT2D eigenvalue weighted by atomic mass is 16.5. The van der Waals surface area contributed by atoms with Crippen LogP contribution >= 0.6 is 0 Å². The Hall–Kier alpha value is -1.10. The van der Waals surface area contributed by atoms with Gasteiger partial charge >= 0.3 is 0 Å². The predicted octanol–water partition coefficient (Wildman–Crippen LogP) is -0.575. The maximum Gasteiger partial charge on any atom is 0.211 e. The molecule has 0 heterocycles. The van der Waals surface area contributed by atoms with Gasteiger partial charge in [-0.2, -0.15) is 5.10 Å². The van der Waals surface area contributed by atoms with Crippen LogP contribution in [0.15, 0.2) is 10.2 Å². The van der Waals surface area contributed by atoms with Gasteiger partial charge in [-0.05, 0) is 0 Å². The van der Waals surface area contributed by atoms with Gasteiger partial charge in [-0.1, -0.05) is 0 Å². The van der Waals surface area contributed by atoms with Gasteiger partial charge < -0.3 is 16.2 Å². The molecule has 4 N–H and O–H groups in total. The standard InChI is InChI=1S/C6H12N4O/c1-11-5-2-4(3-5)9-10-6(7)8/h5H,2-3H2,1H3,(H4,7,8,10). The summed E-state index contributed by atoms with van der Waals surface area (Å²) in [4.78, 5) is 0. The molecule has 0 aromatic heterocycles. The molecule has 0 aliphatic heterocycles. The van der Waals surface area contributed by atoms with Gasteiger partial charge in [0.15, 0.2) is 0 Å². The topological polar surface area (TPSA) is 86.0 Å². The fraction of sp³-hybridized carbons (Fsp3) is 0.667. The summed E-state index contributed by atoms with van der Waals surface area (Å²) >= 11 is 0. The van der Waals surface area contributed by atoms with E-state index in [4.69, 9.17) is 16.2 Å². The Kier molecular flexibility index (Phi) is 2.43. The van der Waals surface area contributed by atoms with E-state index >= 15 is 0 Å². The molecule has 0 saturated heterocycles. The van der Waals surface area contributed by atoms with Crippen molar-refractivity contribution in [2.24, 2.45) is 21.7 Å². The van der Waals surface area contributed by atoms with Crippen molar-refractivity contribution in [3.8, 4) is 0 Å². The van der Waals surface area contributed by atoms with Crippen molar-refractivity contribution in [2.45, 2.75) is 18.9 Å². The fourth-order valence-corrected chi connectivity index (χ4v) is 0.843. The first-order valence-corrected chi connectivity index (χ1v) is 3.39. The van der Waals surface area contributed by atoms with E-state index < -0.39 is 0 Å². The smallest absolute Gasteiger partial charge is 0.211 e. The number of rotatable bonds is 2. The van der Waals surface area contributed by atoms with Crippen LogP contribution in [-0.4, -0.2) is 24.9 Å². The highest BCUT2D eigenvalue weighted by Crippen LogP contribution is 2.18. The Bertz CT molecular complexity index is 187. The summed E-state index contributed by atoms with van der Waals surface area (Å²) in [5, 5.41) is 7.32. The molecule has 0 amide bonds. The summed E-state index contributed by atoms with van der Waals surface area (Å²) in [7, 11) is 1.68. The first-order valence-electron chi connectivity index (χ1n) is 3.39. The summed E-state index contributed by atoms with van der Waals surface area (Å²) in [5.41, 5.74) is 11.1. The van der Waals surface area contributed by atoms with E-state index in [0.717, 1.165) is 18.6 Å². The predicted molar refractivity (Wildman–Crippen MR) is 43.3 cm³/mol. The minimum absolute atomic E-state index is 0.00151. The number of nitrogens with zero attached hydrogens (tertiary/aromatic N) is 2. The van der Waals surface area contributed by atoms with Crippen molar-refractivity contribution in [1.82, 2.24) is 0 Å². The molecule has 0 spiro atoms. The number of hydrogen-bond acceptors (Lipinski definition) is 3. The fourth-order valence-electron chi connectivity index (χ4n) is 0.843. The van der Waals surface area contributed by atoms with Gasteiger partial charge in [0, 0.05) is 25.7 Å². The van der Waals surface area contributed by atoms with Gasteiger partial charge in [0.25, 0.3) is 0 Å². The zero-order valence-corrected chi connectivity index (χ0v) is 6.45. The molecule has 11 heavy (non-hydrogen) atoms. The second-order valence-electron chi connectivity index (χ2n) is 2.46. The molecule has 0 atom stereocenters. The molecule has 1 aliphatic carbocycles. The van der Waals surface area contributed by atoms with Gasteiger partial charge in [-0.3, -0.25) is 0 Å². The van der Waals surface area contributed by atoms with Gasteiger partial charge in [0.2, 0.25) is 5.96 Å². The van der Waals surface area contributed by atoms with E-state index in [2.05, 4.69) is 10.2 Å². The average Bonchev–Trinajstić information content (AvgIpc) is 1.84. The first-order chi connectivity index (χ1) is 5.22. The van der Waals surface area contributed by atoms with E-state index in [1.165, 1.54) is 0 Å². The van der Waals surface area contributed by atoms with Gasteiger partial charge in [-0.25, -0.2) is 0 Å². The van der Waals surface area contributed by atoms with Crippen molar-refractivity contribution in [3.63, 3.8) is 0 Å². The van der Waals surface area contributed by atoms with Crippen LogP contribution in [0.4, 0.5) is 0 Å². The van der Waals surface area contributed by atoms with Crippen LogP contribution in [0.2, 0.25) is 0 Å². The molecule has 1 rings (SSSR count). The quantitative estimate of drug-likeness (QED) is 0.319. The maximum atomic E-state index is 5.08. The van der Waals surface area contributed by atoms with Crippen LogP contribution < -0.4 is 11.5 Å². The van der Waals surface area contributed by atoms with Crippen LogP contribution in [0.1, 0.15) is 12.8 Å². The van der Waals surface area contributed by atoms with Gasteiger partial charge in [-0.15, -0.1) is 5.10 Å². The highest BCUT2D eigenvalue weighted by Gasteiger charge is 2.24. The van der Waals surface area contributed by atoms with Crippen LogP contribution in [0, 0.1) is 0 Å². The lowest BCUT2D eigenvalue weighted by Crippen LogP contribution is -2.30. The SMILES string of the molecule is COC1CC(=NN=C(N)N)C1. The lowest BCUT2D eigenvalue weighted by Gasteiger charge is -2.24. The zero-order valence-electron chi connectivity index (χ0n) is 6.45. The van der Waals surface area contributed by atoms with Crippen LogP contribution in [0.3, 0.4) is 0 Å². The van der Waals surface area contributed by atoms with E-state index in [1.54, 1.807) is 7.11 Å². The molecule has 0 radical (unpaired) electrons. The minimum Gasteiger partial charge on any atom is -0.381 e. The number of ether oxygens (including phenoxy) is 1. The zero-order chi connectivity index (χ0) is 8.27. The molecule has 5 heteroatoms. The summed E-state index contributed by atoms with van der Waals surface area (Å²) < 4.78 is 5.03. The Morgan fingerprint density at radius 2 is 2.18 bits per heavy atom. The minimum atomic E-state index is -0.00151. The molecule has 5 nitrogen and oxygen atoms in total. The van der Waals surface area contributed by atoms with Crippen molar-refractivity contribution in [1.29, 1.82) is 0 Å². The van der Waals surface area contributed by atoms with Crippen molar-refractivity contribution < 1.29 is 4.74 Å². The molecule has 1 aliphatic rings. The third-order valence-corrected chi connectivity index (χ3v) is 1.57. The normalized spacial score (nSPS) is 22.3. The third-order valence-electron chi connectivity index (χ3n) is 1.57. The summed E-state index contributed by atoms with van der Waals surface area (Å²) in [6, 6.07) is 0. The Labute approximate surface area is 65.1 Å². The molecule has 0 bridgehead atoms. The highest BCUT2D eigenvalue weighted by molar-refractivity contribution is 5.91. The van der Waals surface area contributed by atoms with Crippen LogP contribution in [0.5, 0.6) is 0 Å². The molecule has 0 unspecified atom stereocenters. The Morgan fingerprint density at radius 3 is 2.64 bits per heavy atom. The number of methoxy groups -OCH3 is 1. The van der Waals surface area contributed by atoms with Crippen LogP contribution in [-0.2, 0) is 4.74 Å². The van der Waals surface area contributed by atoms with Crippen molar-refractivity contribution >= 4 is 11.7 Å². The second-order valence-corrected chi connectivity index (χ2v) is 2.46. The number of nitrogens with two attached hydrogens (primary N) is 2. The lowest BCUT2D eigenvalue weighted by molar-refractivity contribution is 0.0948. The molecule has 0 aromatic rings. The lowest BCUT2D eigenvalue weighted by atomic mass is 9.93. The summed E-state index contributed by atoms with van der Waals surface area (Å²) in [6.45, 7) is 0. The largest absolute Gasteiger partial charge is 0.381 e. The van der Waals surface area contributed by atoms with Gasteiger partial charge in [0.05, 0.1) is 6.10 Å². The summed E-state index contributed by atoms with van der Waals surface area (Å²) in [5.74, 6) is -0.00151. The molecule has 62 valence electrons. The number of guanidine groups is 1. The van der Waals surface area contributed by atoms with E-state index in [1.807, 2.05) is 0 Å². The summed E-state index contributed by atoms with van der Waals surface area (Å²) in [6.07, 6.45) is 1.99. The average molecular weight is 156 g/mol. The molecule has 1 fully saturated rings. The monoisotopic (exact) mass is 156 g/mol. The second kappa shape index (κ2) is 3.34. The molecule has 1 saturated carbocycles. The van der Waals surface area contributed by atoms with E-state index in [-0.39, 0.29) is 5.96 Å². The Morgan fingerprint density at radius 1 is 1.55 bits per heavy atom. The maximum absolute atomic E-state index is 5.08. The number of hydrogen-bond donors (Lipinski definition) is 2. The molecular weight excluding hydrogens is 144 g/mol. The first kappa shape index (κ1) is 8.00. The van der Waals surface area contributed by atoms with Crippen molar-refractivity contribution in [2.75, 3.05) is 7.11 Å². The van der Waals surface area contributed by atoms with Gasteiger partial charge in [0.1, 0.15) is 0 Å². The van der Waals surface area contributed by atoms with Crippen LogP contribution in [0.25, 0.3) is 0 Å². The van der Waals surface area contributed by atoms with Crippen molar-refractivity contribution in [3.05, 3.63) is 0 Å². The third kappa shape index (κ3) is 2.19. The van der Waals surface area contributed by atoms with E-state index in [0.29, 0.717) is 6.10 Å². The Balaban J connectivity index is 2.31. The van der Waals surface area contributed by atoms with E-state index in [9.17, 15) is 0 Å². The molecular formula is C6H12N4O. The molecule has 0 aromatic carbocycles.